The molecule has 1 heterocycles. The maximum Gasteiger partial charge on any atom is 0.410 e. The molecule has 35 heavy (non-hydrogen) atoms. The summed E-state index contributed by atoms with van der Waals surface area (Å²) >= 11 is 3.51. The number of hydrogen-bond acceptors (Lipinski definition) is 6. The average molecular weight is 565 g/mol. The number of fused-ring (bicyclic) bond motifs is 1. The van der Waals surface area contributed by atoms with Crippen molar-refractivity contribution in [3.8, 4) is 0 Å². The monoisotopic (exact) mass is 564 g/mol. The topological polar surface area (TPSA) is 94.9 Å². The molecule has 0 spiro atoms. The molecule has 0 fully saturated rings. The van der Waals surface area contributed by atoms with Gasteiger partial charge in [-0.1, -0.05) is 39.7 Å². The molecule has 3 aromatic rings. The van der Waals surface area contributed by atoms with Crippen LogP contribution in [0.2, 0.25) is 0 Å². The third-order valence-corrected chi connectivity index (χ3v) is 7.79. The number of benzene rings is 2. The van der Waals surface area contributed by atoms with Crippen molar-refractivity contribution in [1.82, 2.24) is 8.87 Å². The van der Waals surface area contributed by atoms with Crippen LogP contribution in [0.1, 0.15) is 31.9 Å². The highest BCUT2D eigenvalue weighted by atomic mass is 79.9. The first-order valence-electron chi connectivity index (χ1n) is 10.9. The Bertz CT molecular complexity index is 1360. The molecule has 8 nitrogen and oxygen atoms in total. The number of aryl methyl sites for hydroxylation is 1. The molecule has 188 valence electrons. The van der Waals surface area contributed by atoms with Crippen molar-refractivity contribution in [2.24, 2.45) is 0 Å². The van der Waals surface area contributed by atoms with Gasteiger partial charge in [0, 0.05) is 29.5 Å². The Morgan fingerprint density at radius 1 is 1.11 bits per heavy atom. The van der Waals surface area contributed by atoms with E-state index in [0.29, 0.717) is 20.9 Å². The molecule has 0 N–H and O–H groups in total. The molecule has 0 bridgehead atoms. The minimum absolute atomic E-state index is 0.0119. The lowest BCUT2D eigenvalue weighted by atomic mass is 10.0. The first-order chi connectivity index (χ1) is 16.3. The molecular formula is C25H29BrN2O6S. The van der Waals surface area contributed by atoms with E-state index in [1.165, 1.54) is 29.2 Å². The van der Waals surface area contributed by atoms with Gasteiger partial charge < -0.3 is 9.47 Å². The van der Waals surface area contributed by atoms with Crippen LogP contribution < -0.4 is 0 Å². The highest BCUT2D eigenvalue weighted by Crippen LogP contribution is 2.33. The van der Waals surface area contributed by atoms with Crippen LogP contribution in [-0.2, 0) is 30.7 Å². The number of rotatable bonds is 6. The third kappa shape index (κ3) is 5.70. The standard InChI is InChI=1S/C25H29BrN2O6S/c1-16-10-12-18(13-11-16)35(31,32)28-15-17(22-19(26)8-7-9-20(22)28)14-21(23(29)33-6)27(5)24(30)34-25(2,3)4/h7-13,15,21H,14H2,1-6H3. The maximum absolute atomic E-state index is 13.5. The van der Waals surface area contributed by atoms with Crippen molar-refractivity contribution >= 4 is 48.9 Å². The van der Waals surface area contributed by atoms with Gasteiger partial charge in [0.15, 0.2) is 0 Å². The largest absolute Gasteiger partial charge is 0.467 e. The molecule has 1 unspecified atom stereocenters. The molecule has 1 amide bonds. The Balaban J connectivity index is 2.12. The lowest BCUT2D eigenvalue weighted by Gasteiger charge is -2.29. The van der Waals surface area contributed by atoms with Crippen molar-refractivity contribution in [2.45, 2.75) is 50.7 Å². The van der Waals surface area contributed by atoms with Gasteiger partial charge in [0.25, 0.3) is 10.0 Å². The summed E-state index contributed by atoms with van der Waals surface area (Å²) < 4.78 is 39.3. The number of aromatic nitrogens is 1. The Morgan fingerprint density at radius 2 is 1.74 bits per heavy atom. The van der Waals surface area contributed by atoms with Gasteiger partial charge in [0.1, 0.15) is 11.6 Å². The molecular weight excluding hydrogens is 536 g/mol. The normalized spacial score (nSPS) is 12.9. The zero-order chi connectivity index (χ0) is 26.1. The number of methoxy groups -OCH3 is 1. The second kappa shape index (κ2) is 10.0. The molecule has 0 aliphatic rings. The molecule has 10 heteroatoms. The fourth-order valence-electron chi connectivity index (χ4n) is 3.65. The summed E-state index contributed by atoms with van der Waals surface area (Å²) in [4.78, 5) is 26.7. The van der Waals surface area contributed by atoms with Gasteiger partial charge in [-0.15, -0.1) is 0 Å². The summed E-state index contributed by atoms with van der Waals surface area (Å²) in [6, 6.07) is 10.8. The van der Waals surface area contributed by atoms with E-state index in [-0.39, 0.29) is 11.3 Å². The van der Waals surface area contributed by atoms with Gasteiger partial charge in [-0.2, -0.15) is 0 Å². The summed E-state index contributed by atoms with van der Waals surface area (Å²) in [6.45, 7) is 7.07. The van der Waals surface area contributed by atoms with Crippen molar-refractivity contribution in [3.63, 3.8) is 0 Å². The number of halogens is 1. The Hall–Kier alpha value is -2.85. The Morgan fingerprint density at radius 3 is 2.31 bits per heavy atom. The molecule has 3 rings (SSSR count). The number of likely N-dealkylation sites (N-methyl/N-ethyl adjacent to an activating group) is 1. The minimum Gasteiger partial charge on any atom is -0.467 e. The molecule has 0 saturated heterocycles. The van der Waals surface area contributed by atoms with E-state index in [1.807, 2.05) is 6.92 Å². The summed E-state index contributed by atoms with van der Waals surface area (Å²) in [5.41, 5.74) is 1.18. The van der Waals surface area contributed by atoms with E-state index in [0.717, 1.165) is 5.56 Å². The average Bonchev–Trinajstić information content (AvgIpc) is 3.16. The zero-order valence-corrected chi connectivity index (χ0v) is 22.9. The Kier molecular flexibility index (Phi) is 7.66. The lowest BCUT2D eigenvalue weighted by molar-refractivity contribution is -0.146. The van der Waals surface area contributed by atoms with E-state index >= 15 is 0 Å². The van der Waals surface area contributed by atoms with E-state index in [9.17, 15) is 18.0 Å². The van der Waals surface area contributed by atoms with Crippen molar-refractivity contribution < 1.29 is 27.5 Å². The van der Waals surface area contributed by atoms with Crippen molar-refractivity contribution in [1.29, 1.82) is 0 Å². The number of carbonyl (C=O) groups excluding carboxylic acids is 2. The third-order valence-electron chi connectivity index (χ3n) is 5.44. The molecule has 1 atom stereocenters. The van der Waals surface area contributed by atoms with Crippen LogP contribution in [0.5, 0.6) is 0 Å². The van der Waals surface area contributed by atoms with E-state index in [4.69, 9.17) is 9.47 Å². The van der Waals surface area contributed by atoms with Gasteiger partial charge in [-0.3, -0.25) is 4.90 Å². The predicted octanol–water partition coefficient (Wildman–Crippen LogP) is 4.90. The number of hydrogen-bond donors (Lipinski definition) is 0. The van der Waals surface area contributed by atoms with Gasteiger partial charge in [0.05, 0.1) is 17.5 Å². The van der Waals surface area contributed by atoms with Gasteiger partial charge >= 0.3 is 12.1 Å². The smallest absolute Gasteiger partial charge is 0.410 e. The van der Waals surface area contributed by atoms with Crippen molar-refractivity contribution in [3.05, 3.63) is 64.3 Å². The molecule has 0 radical (unpaired) electrons. The minimum atomic E-state index is -3.93. The van der Waals surface area contributed by atoms with Gasteiger partial charge in [-0.05, 0) is 57.5 Å². The highest BCUT2D eigenvalue weighted by molar-refractivity contribution is 9.10. The van der Waals surface area contributed by atoms with Crippen LogP contribution in [0.15, 0.2) is 58.0 Å². The number of esters is 1. The molecule has 0 aliphatic carbocycles. The summed E-state index contributed by atoms with van der Waals surface area (Å²) in [5, 5.41) is 0.620. The summed E-state index contributed by atoms with van der Waals surface area (Å²) in [6.07, 6.45) is 0.810. The number of nitrogens with zero attached hydrogens (tertiary/aromatic N) is 2. The second-order valence-electron chi connectivity index (χ2n) is 9.24. The van der Waals surface area contributed by atoms with E-state index < -0.39 is 33.7 Å². The fraction of sp³-hybridized carbons (Fsp3) is 0.360. The first kappa shape index (κ1) is 26.7. The van der Waals surface area contributed by atoms with Gasteiger partial charge in [0.2, 0.25) is 0 Å². The summed E-state index contributed by atoms with van der Waals surface area (Å²) in [7, 11) is -1.24. The lowest BCUT2D eigenvalue weighted by Crippen LogP contribution is -2.46. The predicted molar refractivity (Wildman–Crippen MR) is 137 cm³/mol. The fourth-order valence-corrected chi connectivity index (χ4v) is 5.65. The van der Waals surface area contributed by atoms with Crippen LogP contribution in [-0.4, -0.2) is 55.2 Å². The second-order valence-corrected chi connectivity index (χ2v) is 11.9. The van der Waals surface area contributed by atoms with Crippen LogP contribution in [0.3, 0.4) is 0 Å². The summed E-state index contributed by atoms with van der Waals surface area (Å²) in [5.74, 6) is -0.646. The van der Waals surface area contributed by atoms with Gasteiger partial charge in [-0.25, -0.2) is 22.0 Å². The number of amides is 1. The van der Waals surface area contributed by atoms with Crippen LogP contribution in [0, 0.1) is 6.92 Å². The zero-order valence-electron chi connectivity index (χ0n) is 20.5. The highest BCUT2D eigenvalue weighted by Gasteiger charge is 2.33. The number of ether oxygens (including phenoxy) is 2. The maximum atomic E-state index is 13.5. The van der Waals surface area contributed by atoms with E-state index in [2.05, 4.69) is 15.9 Å². The molecule has 0 saturated carbocycles. The van der Waals surface area contributed by atoms with Crippen LogP contribution in [0.25, 0.3) is 10.9 Å². The van der Waals surface area contributed by atoms with E-state index in [1.54, 1.807) is 63.2 Å². The van der Waals surface area contributed by atoms with Crippen LogP contribution in [0.4, 0.5) is 4.79 Å². The van der Waals surface area contributed by atoms with Crippen LogP contribution >= 0.6 is 15.9 Å². The SMILES string of the molecule is COC(=O)C(Cc1cn(S(=O)(=O)c2ccc(C)cc2)c2cccc(Br)c12)N(C)C(=O)OC(C)(C)C. The molecule has 2 aromatic carbocycles. The molecule has 1 aromatic heterocycles. The first-order valence-corrected chi connectivity index (χ1v) is 13.1. The molecule has 0 aliphatic heterocycles. The quantitative estimate of drug-likeness (QED) is 0.395. The Labute approximate surface area is 214 Å². The van der Waals surface area contributed by atoms with Crippen molar-refractivity contribution in [2.75, 3.05) is 14.2 Å². The number of carbonyl (C=O) groups is 2.